The Kier molecular flexibility index (Phi) is 3.26. The van der Waals surface area contributed by atoms with Crippen LogP contribution in [0.3, 0.4) is 0 Å². The lowest BCUT2D eigenvalue weighted by molar-refractivity contribution is -0.124. The van der Waals surface area contributed by atoms with Gasteiger partial charge in [-0.1, -0.05) is 42.3 Å². The molecule has 0 aliphatic heterocycles. The first-order chi connectivity index (χ1) is 9.71. The molecule has 0 atom stereocenters. The summed E-state index contributed by atoms with van der Waals surface area (Å²) in [5, 5.41) is 2.95. The Hall–Kier alpha value is -2.16. The number of nitrogens with one attached hydrogen (secondary N) is 1. The largest absolute Gasteiger partial charge is 0.310 e. The van der Waals surface area contributed by atoms with Gasteiger partial charge in [0.05, 0.1) is 5.41 Å². The molecule has 3 rings (SSSR count). The zero-order valence-corrected chi connectivity index (χ0v) is 11.6. The van der Waals surface area contributed by atoms with E-state index in [1.165, 1.54) is 5.56 Å². The fraction of sp³-hybridized carbons (Fsp3) is 0.294. The zero-order valence-electron chi connectivity index (χ0n) is 11.6. The summed E-state index contributed by atoms with van der Waals surface area (Å²) >= 11 is 0. The summed E-state index contributed by atoms with van der Waals surface area (Å²) in [5.41, 5.74) is 1.94. The number of anilines is 1. The fourth-order valence-corrected chi connectivity index (χ4v) is 2.79. The quantitative estimate of drug-likeness (QED) is 0.924. The van der Waals surface area contributed by atoms with Crippen LogP contribution in [0, 0.1) is 6.92 Å². The molecular weight excluding hydrogens is 248 g/mol. The third-order valence-electron chi connectivity index (χ3n) is 4.12. The van der Waals surface area contributed by atoms with Crippen LogP contribution >= 0.6 is 0 Å². The number of pyridine rings is 1. The van der Waals surface area contributed by atoms with E-state index in [1.807, 2.05) is 24.3 Å². The molecule has 1 N–H and O–H groups in total. The van der Waals surface area contributed by atoms with Crippen molar-refractivity contribution < 1.29 is 4.79 Å². The van der Waals surface area contributed by atoms with Gasteiger partial charge in [-0.15, -0.1) is 0 Å². The SMILES string of the molecule is Cc1cccc(C2(C(=O)Nc3ccccn3)CCC2)c1. The van der Waals surface area contributed by atoms with Crippen molar-refractivity contribution in [1.82, 2.24) is 4.98 Å². The highest BCUT2D eigenvalue weighted by molar-refractivity contribution is 5.99. The maximum absolute atomic E-state index is 12.7. The summed E-state index contributed by atoms with van der Waals surface area (Å²) < 4.78 is 0. The smallest absolute Gasteiger partial charge is 0.236 e. The van der Waals surface area contributed by atoms with Crippen LogP contribution in [0.1, 0.15) is 30.4 Å². The maximum atomic E-state index is 12.7. The van der Waals surface area contributed by atoms with E-state index in [0.29, 0.717) is 5.82 Å². The number of hydrogen-bond acceptors (Lipinski definition) is 2. The number of rotatable bonds is 3. The molecule has 1 heterocycles. The lowest BCUT2D eigenvalue weighted by Gasteiger charge is -2.40. The molecule has 20 heavy (non-hydrogen) atoms. The first-order valence-corrected chi connectivity index (χ1v) is 7.00. The van der Waals surface area contributed by atoms with Crippen molar-refractivity contribution in [2.45, 2.75) is 31.6 Å². The van der Waals surface area contributed by atoms with Gasteiger partial charge in [-0.3, -0.25) is 4.79 Å². The lowest BCUT2D eigenvalue weighted by atomic mass is 9.63. The minimum absolute atomic E-state index is 0.0630. The molecule has 1 aromatic carbocycles. The number of benzene rings is 1. The van der Waals surface area contributed by atoms with E-state index in [4.69, 9.17) is 0 Å². The number of amides is 1. The monoisotopic (exact) mass is 266 g/mol. The van der Waals surface area contributed by atoms with E-state index in [1.54, 1.807) is 6.20 Å². The summed E-state index contributed by atoms with van der Waals surface area (Å²) in [7, 11) is 0. The summed E-state index contributed by atoms with van der Waals surface area (Å²) in [6.07, 6.45) is 4.61. The third kappa shape index (κ3) is 2.20. The molecule has 1 aliphatic rings. The number of carbonyl (C=O) groups excluding carboxylic acids is 1. The molecule has 1 saturated carbocycles. The van der Waals surface area contributed by atoms with Crippen molar-refractivity contribution in [3.63, 3.8) is 0 Å². The molecule has 1 amide bonds. The highest BCUT2D eigenvalue weighted by atomic mass is 16.2. The van der Waals surface area contributed by atoms with Crippen LogP contribution in [0.2, 0.25) is 0 Å². The van der Waals surface area contributed by atoms with Crippen LogP contribution in [-0.4, -0.2) is 10.9 Å². The van der Waals surface area contributed by atoms with Crippen molar-refractivity contribution in [3.05, 3.63) is 59.8 Å². The van der Waals surface area contributed by atoms with E-state index >= 15 is 0 Å². The minimum atomic E-state index is -0.371. The van der Waals surface area contributed by atoms with E-state index in [9.17, 15) is 4.79 Å². The van der Waals surface area contributed by atoms with Gasteiger partial charge in [0.2, 0.25) is 5.91 Å². The van der Waals surface area contributed by atoms with E-state index in [2.05, 4.69) is 35.4 Å². The van der Waals surface area contributed by atoms with Gasteiger partial charge >= 0.3 is 0 Å². The van der Waals surface area contributed by atoms with Crippen LogP contribution in [-0.2, 0) is 10.2 Å². The minimum Gasteiger partial charge on any atom is -0.310 e. The molecule has 0 bridgehead atoms. The maximum Gasteiger partial charge on any atom is 0.236 e. The van der Waals surface area contributed by atoms with Gasteiger partial charge in [0.15, 0.2) is 0 Å². The Morgan fingerprint density at radius 3 is 2.65 bits per heavy atom. The van der Waals surface area contributed by atoms with Gasteiger partial charge in [-0.25, -0.2) is 4.98 Å². The average molecular weight is 266 g/mol. The van der Waals surface area contributed by atoms with E-state index < -0.39 is 0 Å². The van der Waals surface area contributed by atoms with Crippen molar-refractivity contribution >= 4 is 11.7 Å². The fourth-order valence-electron chi connectivity index (χ4n) is 2.79. The van der Waals surface area contributed by atoms with Crippen LogP contribution in [0.4, 0.5) is 5.82 Å². The van der Waals surface area contributed by atoms with Crippen molar-refractivity contribution in [2.75, 3.05) is 5.32 Å². The predicted octanol–water partition coefficient (Wildman–Crippen LogP) is 3.45. The summed E-state index contributed by atoms with van der Waals surface area (Å²) in [6, 6.07) is 13.8. The van der Waals surface area contributed by atoms with Gasteiger partial charge in [-0.2, -0.15) is 0 Å². The molecule has 0 spiro atoms. The van der Waals surface area contributed by atoms with Crippen molar-refractivity contribution in [3.8, 4) is 0 Å². The second-order valence-corrected chi connectivity index (χ2v) is 5.47. The number of aryl methyl sites for hydroxylation is 1. The molecular formula is C17H18N2O. The number of nitrogens with zero attached hydrogens (tertiary/aromatic N) is 1. The molecule has 0 saturated heterocycles. The summed E-state index contributed by atoms with van der Waals surface area (Å²) in [5.74, 6) is 0.685. The van der Waals surface area contributed by atoms with Gasteiger partial charge in [0.1, 0.15) is 5.82 Å². The lowest BCUT2D eigenvalue weighted by Crippen LogP contribution is -2.46. The second kappa shape index (κ2) is 5.08. The molecule has 102 valence electrons. The Bertz CT molecular complexity index is 618. The van der Waals surface area contributed by atoms with Crippen molar-refractivity contribution in [2.24, 2.45) is 0 Å². The Morgan fingerprint density at radius 1 is 1.20 bits per heavy atom. The number of aromatic nitrogens is 1. The molecule has 2 aromatic rings. The highest BCUT2D eigenvalue weighted by Crippen LogP contribution is 2.44. The number of hydrogen-bond donors (Lipinski definition) is 1. The summed E-state index contributed by atoms with van der Waals surface area (Å²) in [4.78, 5) is 16.8. The Labute approximate surface area is 119 Å². The van der Waals surface area contributed by atoms with Crippen LogP contribution < -0.4 is 5.32 Å². The zero-order chi connectivity index (χ0) is 14.0. The van der Waals surface area contributed by atoms with Crippen LogP contribution in [0.5, 0.6) is 0 Å². The Balaban J connectivity index is 1.87. The number of carbonyl (C=O) groups is 1. The molecule has 1 aliphatic carbocycles. The van der Waals surface area contributed by atoms with Crippen LogP contribution in [0.15, 0.2) is 48.7 Å². The summed E-state index contributed by atoms with van der Waals surface area (Å²) in [6.45, 7) is 2.06. The normalized spacial score (nSPS) is 16.2. The molecule has 1 fully saturated rings. The molecule has 3 heteroatoms. The Morgan fingerprint density at radius 2 is 2.05 bits per heavy atom. The third-order valence-corrected chi connectivity index (χ3v) is 4.12. The highest BCUT2D eigenvalue weighted by Gasteiger charge is 2.45. The first-order valence-electron chi connectivity index (χ1n) is 7.00. The van der Waals surface area contributed by atoms with Crippen molar-refractivity contribution in [1.29, 1.82) is 0 Å². The standard InChI is InChI=1S/C17H18N2O/c1-13-6-4-7-14(12-13)17(9-5-10-17)16(20)19-15-8-2-3-11-18-15/h2-4,6-8,11-12H,5,9-10H2,1H3,(H,18,19,20). The van der Waals surface area contributed by atoms with Gasteiger partial charge in [-0.05, 0) is 37.5 Å². The van der Waals surface area contributed by atoms with Gasteiger partial charge in [0.25, 0.3) is 0 Å². The predicted molar refractivity (Wildman–Crippen MR) is 79.6 cm³/mol. The van der Waals surface area contributed by atoms with Gasteiger partial charge in [0, 0.05) is 6.20 Å². The topological polar surface area (TPSA) is 42.0 Å². The van der Waals surface area contributed by atoms with E-state index in [-0.39, 0.29) is 11.3 Å². The van der Waals surface area contributed by atoms with Crippen LogP contribution in [0.25, 0.3) is 0 Å². The molecule has 1 aromatic heterocycles. The first kappa shape index (κ1) is 12.9. The molecule has 0 radical (unpaired) electrons. The second-order valence-electron chi connectivity index (χ2n) is 5.47. The van der Waals surface area contributed by atoms with Gasteiger partial charge < -0.3 is 5.32 Å². The molecule has 3 nitrogen and oxygen atoms in total. The average Bonchev–Trinajstić information content (AvgIpc) is 2.38. The van der Waals surface area contributed by atoms with E-state index in [0.717, 1.165) is 24.8 Å². The molecule has 0 unspecified atom stereocenters.